The van der Waals surface area contributed by atoms with Crippen molar-refractivity contribution < 1.29 is 22.3 Å². The van der Waals surface area contributed by atoms with Crippen LogP contribution in [0.5, 0.6) is 5.75 Å². The van der Waals surface area contributed by atoms with Gasteiger partial charge in [0.05, 0.1) is 5.88 Å². The Morgan fingerprint density at radius 2 is 1.79 bits per heavy atom. The molecule has 0 aromatic heterocycles. The van der Waals surface area contributed by atoms with Crippen LogP contribution in [0.2, 0.25) is 0 Å². The molecule has 1 nitrogen and oxygen atoms in total. The molecule has 0 heterocycles. The van der Waals surface area contributed by atoms with Crippen LogP contribution in [0.15, 0.2) is 12.1 Å². The SMILES string of the molecule is Fc1cc(CCl)c(OC(F)F)cc1F. The number of benzene rings is 1. The zero-order valence-corrected chi connectivity index (χ0v) is 7.49. The number of hydrogen-bond donors (Lipinski definition) is 0. The molecule has 1 rings (SSSR count). The van der Waals surface area contributed by atoms with E-state index < -0.39 is 24.0 Å². The van der Waals surface area contributed by atoms with E-state index in [1.54, 1.807) is 0 Å². The third kappa shape index (κ3) is 2.51. The van der Waals surface area contributed by atoms with E-state index in [1.807, 2.05) is 0 Å². The molecule has 14 heavy (non-hydrogen) atoms. The molecule has 0 aliphatic carbocycles. The normalized spacial score (nSPS) is 10.7. The summed E-state index contributed by atoms with van der Waals surface area (Å²) in [5.74, 6) is -3.09. The van der Waals surface area contributed by atoms with E-state index in [9.17, 15) is 17.6 Å². The van der Waals surface area contributed by atoms with Gasteiger partial charge in [-0.2, -0.15) is 8.78 Å². The minimum atomic E-state index is -3.10. The molecule has 0 radical (unpaired) electrons. The zero-order chi connectivity index (χ0) is 10.7. The van der Waals surface area contributed by atoms with Gasteiger partial charge in [0.2, 0.25) is 0 Å². The molecule has 0 saturated heterocycles. The quantitative estimate of drug-likeness (QED) is 0.570. The van der Waals surface area contributed by atoms with Crippen molar-refractivity contribution in [1.82, 2.24) is 0 Å². The summed E-state index contributed by atoms with van der Waals surface area (Å²) in [5.41, 5.74) is -0.0223. The minimum absolute atomic E-state index is 0.0223. The Kier molecular flexibility index (Phi) is 3.57. The van der Waals surface area contributed by atoms with Gasteiger partial charge in [-0.15, -0.1) is 11.6 Å². The predicted octanol–water partition coefficient (Wildman–Crippen LogP) is 3.31. The number of alkyl halides is 3. The second-order valence-corrected chi connectivity index (χ2v) is 2.65. The first kappa shape index (κ1) is 11.1. The summed E-state index contributed by atoms with van der Waals surface area (Å²) in [5, 5.41) is 0. The van der Waals surface area contributed by atoms with Gasteiger partial charge >= 0.3 is 6.61 Å². The highest BCUT2D eigenvalue weighted by atomic mass is 35.5. The van der Waals surface area contributed by atoms with Crippen molar-refractivity contribution >= 4 is 11.6 Å². The van der Waals surface area contributed by atoms with E-state index in [0.717, 1.165) is 6.07 Å². The fourth-order valence-electron chi connectivity index (χ4n) is 0.880. The molecule has 0 unspecified atom stereocenters. The maximum Gasteiger partial charge on any atom is 0.387 e. The van der Waals surface area contributed by atoms with E-state index in [0.29, 0.717) is 6.07 Å². The van der Waals surface area contributed by atoms with E-state index >= 15 is 0 Å². The van der Waals surface area contributed by atoms with Crippen LogP contribution in [0.4, 0.5) is 17.6 Å². The summed E-state index contributed by atoms with van der Waals surface area (Å²) in [6.45, 7) is -3.10. The molecular weight excluding hydrogens is 224 g/mol. The van der Waals surface area contributed by atoms with Gasteiger partial charge in [-0.25, -0.2) is 8.78 Å². The minimum Gasteiger partial charge on any atom is -0.434 e. The Morgan fingerprint density at radius 3 is 2.29 bits per heavy atom. The van der Waals surface area contributed by atoms with Crippen molar-refractivity contribution in [1.29, 1.82) is 0 Å². The van der Waals surface area contributed by atoms with Gasteiger partial charge in [-0.3, -0.25) is 0 Å². The van der Waals surface area contributed by atoms with Gasteiger partial charge in [0.25, 0.3) is 0 Å². The predicted molar refractivity (Wildman–Crippen MR) is 42.5 cm³/mol. The molecule has 0 fully saturated rings. The summed E-state index contributed by atoms with van der Waals surface area (Å²) < 4.78 is 52.7. The average Bonchev–Trinajstić information content (AvgIpc) is 2.10. The highest BCUT2D eigenvalue weighted by Crippen LogP contribution is 2.25. The third-order valence-electron chi connectivity index (χ3n) is 1.46. The molecule has 0 amide bonds. The van der Waals surface area contributed by atoms with Crippen molar-refractivity contribution in [2.75, 3.05) is 0 Å². The van der Waals surface area contributed by atoms with E-state index in [4.69, 9.17) is 11.6 Å². The fourth-order valence-corrected chi connectivity index (χ4v) is 1.09. The van der Waals surface area contributed by atoms with Crippen LogP contribution in [0, 0.1) is 11.6 Å². The summed E-state index contributed by atoms with van der Waals surface area (Å²) in [7, 11) is 0. The highest BCUT2D eigenvalue weighted by Gasteiger charge is 2.13. The maximum atomic E-state index is 12.6. The largest absolute Gasteiger partial charge is 0.434 e. The molecule has 78 valence electrons. The number of hydrogen-bond acceptors (Lipinski definition) is 1. The summed E-state index contributed by atoms with van der Waals surface area (Å²) in [6.07, 6.45) is 0. The second kappa shape index (κ2) is 4.50. The van der Waals surface area contributed by atoms with Crippen LogP contribution in [-0.2, 0) is 5.88 Å². The molecule has 0 atom stereocenters. The molecule has 0 bridgehead atoms. The van der Waals surface area contributed by atoms with Crippen LogP contribution >= 0.6 is 11.6 Å². The summed E-state index contributed by atoms with van der Waals surface area (Å²) in [6, 6.07) is 1.26. The third-order valence-corrected chi connectivity index (χ3v) is 1.75. The zero-order valence-electron chi connectivity index (χ0n) is 6.74. The van der Waals surface area contributed by atoms with Gasteiger partial charge in [-0.05, 0) is 6.07 Å². The molecular formula is C8H5ClF4O. The lowest BCUT2D eigenvalue weighted by molar-refractivity contribution is -0.0505. The van der Waals surface area contributed by atoms with Gasteiger partial charge in [0.1, 0.15) is 5.75 Å². The van der Waals surface area contributed by atoms with Crippen LogP contribution in [0.1, 0.15) is 5.56 Å². The van der Waals surface area contributed by atoms with Gasteiger partial charge in [0, 0.05) is 11.6 Å². The van der Waals surface area contributed by atoms with Crippen molar-refractivity contribution in [3.8, 4) is 5.75 Å². The molecule has 0 spiro atoms. The molecule has 0 saturated carbocycles. The maximum absolute atomic E-state index is 12.6. The fraction of sp³-hybridized carbons (Fsp3) is 0.250. The van der Waals surface area contributed by atoms with E-state index in [-0.39, 0.29) is 11.4 Å². The standard InChI is InChI=1S/C8H5ClF4O/c9-3-4-1-5(10)6(11)2-7(4)14-8(12)13/h1-2,8H,3H2. The van der Waals surface area contributed by atoms with Crippen molar-refractivity contribution in [3.05, 3.63) is 29.3 Å². The first-order chi connectivity index (χ1) is 6.54. The molecule has 0 aliphatic rings. The first-order valence-electron chi connectivity index (χ1n) is 3.53. The van der Waals surface area contributed by atoms with Crippen molar-refractivity contribution in [2.45, 2.75) is 12.5 Å². The molecule has 6 heteroatoms. The lowest BCUT2D eigenvalue weighted by Crippen LogP contribution is -2.05. The van der Waals surface area contributed by atoms with Gasteiger partial charge < -0.3 is 4.74 Å². The molecule has 0 N–H and O–H groups in total. The first-order valence-corrected chi connectivity index (χ1v) is 4.06. The topological polar surface area (TPSA) is 9.23 Å². The smallest absolute Gasteiger partial charge is 0.387 e. The van der Waals surface area contributed by atoms with Crippen LogP contribution in [0.25, 0.3) is 0 Å². The van der Waals surface area contributed by atoms with Gasteiger partial charge in [0.15, 0.2) is 11.6 Å². The summed E-state index contributed by atoms with van der Waals surface area (Å²) >= 11 is 5.33. The van der Waals surface area contributed by atoms with Crippen LogP contribution in [0.3, 0.4) is 0 Å². The Labute approximate surface area is 82.2 Å². The highest BCUT2D eigenvalue weighted by molar-refractivity contribution is 6.17. The Bertz CT molecular complexity index is 329. The molecule has 0 aliphatic heterocycles. The average molecular weight is 229 g/mol. The lowest BCUT2D eigenvalue weighted by Gasteiger charge is -2.08. The monoisotopic (exact) mass is 228 g/mol. The van der Waals surface area contributed by atoms with Crippen molar-refractivity contribution in [3.63, 3.8) is 0 Å². The number of halogens is 5. The molecule has 1 aromatic rings. The lowest BCUT2D eigenvalue weighted by atomic mass is 10.2. The van der Waals surface area contributed by atoms with Gasteiger partial charge in [-0.1, -0.05) is 0 Å². The Hall–Kier alpha value is -0.970. The number of rotatable bonds is 3. The molecule has 1 aromatic carbocycles. The Balaban J connectivity index is 3.07. The second-order valence-electron chi connectivity index (χ2n) is 2.39. The van der Waals surface area contributed by atoms with E-state index in [1.165, 1.54) is 0 Å². The van der Waals surface area contributed by atoms with Crippen LogP contribution in [-0.4, -0.2) is 6.61 Å². The number of ether oxygens (including phenoxy) is 1. The van der Waals surface area contributed by atoms with Crippen LogP contribution < -0.4 is 4.74 Å². The van der Waals surface area contributed by atoms with Crippen molar-refractivity contribution in [2.24, 2.45) is 0 Å². The Morgan fingerprint density at radius 1 is 1.21 bits per heavy atom. The summed E-state index contributed by atoms with van der Waals surface area (Å²) in [4.78, 5) is 0. The van der Waals surface area contributed by atoms with E-state index in [2.05, 4.69) is 4.74 Å².